The molecule has 1 amide bonds. The molecule has 0 aromatic heterocycles. The number of aliphatic imine (C=N–C) groups is 1. The molecule has 1 aromatic rings. The number of nitrogens with one attached hydrogen (secondary N) is 2. The lowest BCUT2D eigenvalue weighted by Crippen LogP contribution is -2.45. The van der Waals surface area contributed by atoms with E-state index in [0.29, 0.717) is 18.6 Å². The summed E-state index contributed by atoms with van der Waals surface area (Å²) in [7, 11) is 0. The van der Waals surface area contributed by atoms with Gasteiger partial charge in [0.25, 0.3) is 0 Å². The Morgan fingerprint density at radius 1 is 1.12 bits per heavy atom. The second-order valence-corrected chi connectivity index (χ2v) is 8.76. The van der Waals surface area contributed by atoms with Crippen LogP contribution in [0.15, 0.2) is 35.3 Å². The minimum absolute atomic E-state index is 0. The summed E-state index contributed by atoms with van der Waals surface area (Å²) in [5, 5.41) is 6.89. The van der Waals surface area contributed by atoms with E-state index in [0.717, 1.165) is 70.8 Å². The molecule has 7 heteroatoms. The highest BCUT2D eigenvalue weighted by Gasteiger charge is 2.31. The molecule has 180 valence electrons. The van der Waals surface area contributed by atoms with Gasteiger partial charge in [-0.3, -0.25) is 9.79 Å². The lowest BCUT2D eigenvalue weighted by molar-refractivity contribution is -0.135. The Hall–Kier alpha value is -1.35. The predicted molar refractivity (Wildman–Crippen MR) is 141 cm³/mol. The fraction of sp³-hybridized carbons (Fsp3) is 0.680. The van der Waals surface area contributed by atoms with Gasteiger partial charge in [0, 0.05) is 44.7 Å². The minimum Gasteiger partial charge on any atom is -0.377 e. The molecule has 1 aliphatic heterocycles. The number of likely N-dealkylation sites (tertiary alicyclic amines) is 1. The summed E-state index contributed by atoms with van der Waals surface area (Å²) in [6, 6.07) is 10.6. The highest BCUT2D eigenvalue weighted by atomic mass is 127. The van der Waals surface area contributed by atoms with E-state index in [1.165, 1.54) is 24.8 Å². The second kappa shape index (κ2) is 15.5. The number of benzene rings is 1. The lowest BCUT2D eigenvalue weighted by Gasteiger charge is -2.26. The monoisotopic (exact) mass is 556 g/mol. The van der Waals surface area contributed by atoms with Crippen molar-refractivity contribution in [3.63, 3.8) is 0 Å². The Bertz CT molecular complexity index is 680. The van der Waals surface area contributed by atoms with Crippen molar-refractivity contribution in [1.29, 1.82) is 0 Å². The number of rotatable bonds is 10. The SMILES string of the molecule is CCNC(=NCCCCOCc1ccccc1)NC1CCN(C(=O)C2CCCCC2)C1.I. The van der Waals surface area contributed by atoms with Gasteiger partial charge in [0.05, 0.1) is 6.61 Å². The number of halogens is 1. The Morgan fingerprint density at radius 3 is 2.66 bits per heavy atom. The summed E-state index contributed by atoms with van der Waals surface area (Å²) in [6.45, 7) is 6.80. The second-order valence-electron chi connectivity index (χ2n) is 8.76. The smallest absolute Gasteiger partial charge is 0.225 e. The van der Waals surface area contributed by atoms with Crippen LogP contribution in [0.5, 0.6) is 0 Å². The number of carbonyl (C=O) groups is 1. The molecule has 1 aromatic carbocycles. The van der Waals surface area contributed by atoms with Crippen LogP contribution in [0.3, 0.4) is 0 Å². The average Bonchev–Trinajstić information content (AvgIpc) is 3.28. The largest absolute Gasteiger partial charge is 0.377 e. The first-order valence-corrected chi connectivity index (χ1v) is 12.2. The molecule has 0 bridgehead atoms. The van der Waals surface area contributed by atoms with E-state index in [2.05, 4.69) is 34.6 Å². The number of amides is 1. The highest BCUT2D eigenvalue weighted by Crippen LogP contribution is 2.26. The number of ether oxygens (including phenoxy) is 1. The molecule has 3 rings (SSSR count). The molecule has 2 N–H and O–H groups in total. The first-order chi connectivity index (χ1) is 15.3. The van der Waals surface area contributed by atoms with Crippen molar-refractivity contribution >= 4 is 35.8 Å². The molecule has 0 spiro atoms. The standard InChI is InChI=1S/C25H40N4O2.HI/c1-2-26-25(27-16-9-10-18-31-20-21-11-5-3-6-12-21)28-23-15-17-29(19-23)24(30)22-13-7-4-8-14-22;/h3,5-6,11-12,22-23H,2,4,7-10,13-20H2,1H3,(H2,26,27,28);1H. The van der Waals surface area contributed by atoms with Crippen molar-refractivity contribution in [3.8, 4) is 0 Å². The summed E-state index contributed by atoms with van der Waals surface area (Å²) in [5.41, 5.74) is 1.21. The van der Waals surface area contributed by atoms with E-state index < -0.39 is 0 Å². The van der Waals surface area contributed by atoms with E-state index >= 15 is 0 Å². The Kier molecular flexibility index (Phi) is 13.0. The molecule has 32 heavy (non-hydrogen) atoms. The number of guanidine groups is 1. The summed E-state index contributed by atoms with van der Waals surface area (Å²) in [4.78, 5) is 19.6. The first-order valence-electron chi connectivity index (χ1n) is 12.2. The maximum atomic E-state index is 12.8. The van der Waals surface area contributed by atoms with Gasteiger partial charge in [-0.1, -0.05) is 49.6 Å². The van der Waals surface area contributed by atoms with Crippen molar-refractivity contribution in [1.82, 2.24) is 15.5 Å². The van der Waals surface area contributed by atoms with Crippen LogP contribution in [0, 0.1) is 5.92 Å². The van der Waals surface area contributed by atoms with E-state index in [1.54, 1.807) is 0 Å². The topological polar surface area (TPSA) is 66.0 Å². The summed E-state index contributed by atoms with van der Waals surface area (Å²) < 4.78 is 5.75. The Labute approximate surface area is 211 Å². The molecular weight excluding hydrogens is 515 g/mol. The molecule has 6 nitrogen and oxygen atoms in total. The van der Waals surface area contributed by atoms with Crippen molar-refractivity contribution < 1.29 is 9.53 Å². The van der Waals surface area contributed by atoms with E-state index in [9.17, 15) is 4.79 Å². The number of hydrogen-bond acceptors (Lipinski definition) is 3. The zero-order valence-corrected chi connectivity index (χ0v) is 21.9. The summed E-state index contributed by atoms with van der Waals surface area (Å²) in [5.74, 6) is 1.50. The van der Waals surface area contributed by atoms with Crippen LogP contribution in [0.1, 0.15) is 63.9 Å². The summed E-state index contributed by atoms with van der Waals surface area (Å²) in [6.07, 6.45) is 8.86. The Morgan fingerprint density at radius 2 is 1.91 bits per heavy atom. The van der Waals surface area contributed by atoms with Gasteiger partial charge in [-0.15, -0.1) is 24.0 Å². The normalized spacial score (nSPS) is 19.5. The zero-order chi connectivity index (χ0) is 21.7. The van der Waals surface area contributed by atoms with Crippen molar-refractivity contribution in [2.75, 3.05) is 32.8 Å². The minimum atomic E-state index is 0. The van der Waals surface area contributed by atoms with Crippen molar-refractivity contribution in [3.05, 3.63) is 35.9 Å². The molecule has 1 aliphatic carbocycles. The maximum absolute atomic E-state index is 12.8. The van der Waals surface area contributed by atoms with Crippen LogP contribution in [0.4, 0.5) is 0 Å². The van der Waals surface area contributed by atoms with Crippen LogP contribution >= 0.6 is 24.0 Å². The van der Waals surface area contributed by atoms with Gasteiger partial charge in [0.2, 0.25) is 5.91 Å². The molecule has 0 radical (unpaired) electrons. The molecule has 2 fully saturated rings. The van der Waals surface area contributed by atoms with Crippen LogP contribution in [0.2, 0.25) is 0 Å². The molecule has 1 saturated heterocycles. The number of hydrogen-bond donors (Lipinski definition) is 2. The number of nitrogens with zero attached hydrogens (tertiary/aromatic N) is 2. The molecule has 1 heterocycles. The van der Waals surface area contributed by atoms with Crippen LogP contribution < -0.4 is 10.6 Å². The number of unbranched alkanes of at least 4 members (excludes halogenated alkanes) is 1. The molecule has 1 atom stereocenters. The average molecular weight is 557 g/mol. The van der Waals surface area contributed by atoms with Gasteiger partial charge in [-0.05, 0) is 44.6 Å². The predicted octanol–water partition coefficient (Wildman–Crippen LogP) is 4.34. The van der Waals surface area contributed by atoms with Gasteiger partial charge in [0.1, 0.15) is 0 Å². The molecule has 1 saturated carbocycles. The van der Waals surface area contributed by atoms with Gasteiger partial charge >= 0.3 is 0 Å². The quantitative estimate of drug-likeness (QED) is 0.195. The molecule has 2 aliphatic rings. The van der Waals surface area contributed by atoms with Gasteiger partial charge in [-0.25, -0.2) is 0 Å². The molecule has 1 unspecified atom stereocenters. The Balaban J connectivity index is 0.00000363. The van der Waals surface area contributed by atoms with E-state index in [1.807, 2.05) is 18.2 Å². The van der Waals surface area contributed by atoms with Crippen molar-refractivity contribution in [2.45, 2.75) is 70.9 Å². The van der Waals surface area contributed by atoms with Crippen LogP contribution in [-0.4, -0.2) is 55.6 Å². The van der Waals surface area contributed by atoms with Gasteiger partial charge < -0.3 is 20.3 Å². The maximum Gasteiger partial charge on any atom is 0.225 e. The third kappa shape index (κ3) is 9.25. The summed E-state index contributed by atoms with van der Waals surface area (Å²) >= 11 is 0. The lowest BCUT2D eigenvalue weighted by atomic mass is 9.88. The molecular formula is C25H41IN4O2. The van der Waals surface area contributed by atoms with Gasteiger partial charge in [-0.2, -0.15) is 0 Å². The highest BCUT2D eigenvalue weighted by molar-refractivity contribution is 14.0. The third-order valence-corrected chi connectivity index (χ3v) is 6.22. The van der Waals surface area contributed by atoms with Crippen LogP contribution in [-0.2, 0) is 16.1 Å². The third-order valence-electron chi connectivity index (χ3n) is 6.22. The fourth-order valence-corrected chi connectivity index (χ4v) is 4.47. The first kappa shape index (κ1) is 26.9. The van der Waals surface area contributed by atoms with Crippen molar-refractivity contribution in [2.24, 2.45) is 10.9 Å². The fourth-order valence-electron chi connectivity index (χ4n) is 4.47. The zero-order valence-electron chi connectivity index (χ0n) is 19.6. The van der Waals surface area contributed by atoms with Gasteiger partial charge in [0.15, 0.2) is 5.96 Å². The number of carbonyl (C=O) groups excluding carboxylic acids is 1. The van der Waals surface area contributed by atoms with E-state index in [4.69, 9.17) is 9.73 Å². The van der Waals surface area contributed by atoms with E-state index in [-0.39, 0.29) is 29.9 Å². The van der Waals surface area contributed by atoms with Crippen LogP contribution in [0.25, 0.3) is 0 Å².